The third-order valence-corrected chi connectivity index (χ3v) is 3.09. The minimum atomic E-state index is -0.548. The minimum absolute atomic E-state index is 0.343. The lowest BCUT2D eigenvalue weighted by Gasteiger charge is -2.23. The molecule has 0 spiro atoms. The Morgan fingerprint density at radius 3 is 2.71 bits per heavy atom. The highest BCUT2D eigenvalue weighted by Gasteiger charge is 2.23. The van der Waals surface area contributed by atoms with Crippen molar-refractivity contribution >= 4 is 16.9 Å². The highest BCUT2D eigenvalue weighted by Crippen LogP contribution is 2.19. The monoisotopic (exact) mass is 290 g/mol. The summed E-state index contributed by atoms with van der Waals surface area (Å²) in [5.41, 5.74) is 4.54. The van der Waals surface area contributed by atoms with Gasteiger partial charge < -0.3 is 9.72 Å². The third-order valence-electron chi connectivity index (χ3n) is 3.09. The van der Waals surface area contributed by atoms with Crippen LogP contribution in [-0.4, -0.2) is 29.7 Å². The molecule has 0 saturated carbocycles. The van der Waals surface area contributed by atoms with Gasteiger partial charge in [-0.15, -0.1) is 0 Å². The van der Waals surface area contributed by atoms with Crippen LogP contribution in [0.25, 0.3) is 10.9 Å². The molecule has 0 bridgehead atoms. The summed E-state index contributed by atoms with van der Waals surface area (Å²) >= 11 is 0. The van der Waals surface area contributed by atoms with Crippen LogP contribution in [-0.2, 0) is 20.8 Å². The van der Waals surface area contributed by atoms with E-state index in [-0.39, 0.29) is 11.6 Å². The van der Waals surface area contributed by atoms with E-state index in [9.17, 15) is 4.79 Å². The standard InChI is InChI=1S/C16H22N2O3/c1-16(2,3)21-18-14(15(19)20-4)9-11-10-17-13-8-6-5-7-12(11)13/h5-8,10,14,17-18H,9H2,1-4H3/t14-/m1/s1. The Morgan fingerprint density at radius 2 is 2.05 bits per heavy atom. The van der Waals surface area contributed by atoms with E-state index >= 15 is 0 Å². The summed E-state index contributed by atoms with van der Waals surface area (Å²) in [5, 5.41) is 1.10. The largest absolute Gasteiger partial charge is 0.468 e. The molecule has 0 fully saturated rings. The van der Waals surface area contributed by atoms with Gasteiger partial charge in [-0.2, -0.15) is 5.48 Å². The van der Waals surface area contributed by atoms with Crippen molar-refractivity contribution in [1.29, 1.82) is 0 Å². The van der Waals surface area contributed by atoms with E-state index in [4.69, 9.17) is 9.57 Å². The van der Waals surface area contributed by atoms with E-state index in [1.165, 1.54) is 7.11 Å². The van der Waals surface area contributed by atoms with E-state index in [1.54, 1.807) is 0 Å². The maximum atomic E-state index is 11.9. The Labute approximate surface area is 124 Å². The quantitative estimate of drug-likeness (QED) is 0.656. The zero-order valence-electron chi connectivity index (χ0n) is 12.9. The molecule has 2 rings (SSSR count). The fourth-order valence-corrected chi connectivity index (χ4v) is 2.08. The number of methoxy groups -OCH3 is 1. The lowest BCUT2D eigenvalue weighted by atomic mass is 10.1. The number of carbonyl (C=O) groups is 1. The lowest BCUT2D eigenvalue weighted by Crippen LogP contribution is -2.43. The predicted molar refractivity (Wildman–Crippen MR) is 81.8 cm³/mol. The zero-order chi connectivity index (χ0) is 15.5. The maximum absolute atomic E-state index is 11.9. The third kappa shape index (κ3) is 4.06. The van der Waals surface area contributed by atoms with Crippen molar-refractivity contribution in [3.05, 3.63) is 36.0 Å². The number of rotatable bonds is 5. The van der Waals surface area contributed by atoms with Crippen LogP contribution < -0.4 is 5.48 Å². The second kappa shape index (κ2) is 6.28. The SMILES string of the molecule is COC(=O)[C@@H](Cc1c[nH]c2ccccc12)NOC(C)(C)C. The first-order valence-corrected chi connectivity index (χ1v) is 6.97. The number of H-pyrrole nitrogens is 1. The number of fused-ring (bicyclic) bond motifs is 1. The number of hydrogen-bond acceptors (Lipinski definition) is 4. The predicted octanol–water partition coefficient (Wildman–Crippen LogP) is 2.57. The number of ether oxygens (including phenoxy) is 1. The second-order valence-electron chi connectivity index (χ2n) is 5.97. The van der Waals surface area contributed by atoms with Crippen LogP contribution in [0.3, 0.4) is 0 Å². The summed E-state index contributed by atoms with van der Waals surface area (Å²) in [6.45, 7) is 5.75. The molecular formula is C16H22N2O3. The summed E-state index contributed by atoms with van der Waals surface area (Å²) in [7, 11) is 1.38. The minimum Gasteiger partial charge on any atom is -0.468 e. The highest BCUT2D eigenvalue weighted by molar-refractivity contribution is 5.84. The number of carbonyl (C=O) groups excluding carboxylic acids is 1. The van der Waals surface area contributed by atoms with E-state index in [0.717, 1.165) is 16.5 Å². The molecule has 0 amide bonds. The molecule has 1 atom stereocenters. The van der Waals surface area contributed by atoms with Crippen molar-refractivity contribution in [1.82, 2.24) is 10.5 Å². The molecule has 21 heavy (non-hydrogen) atoms. The van der Waals surface area contributed by atoms with Gasteiger partial charge in [0.2, 0.25) is 0 Å². The molecule has 2 aromatic rings. The molecule has 0 radical (unpaired) electrons. The molecule has 114 valence electrons. The number of esters is 1. The average Bonchev–Trinajstić information content (AvgIpc) is 2.85. The van der Waals surface area contributed by atoms with Crippen LogP contribution in [0, 0.1) is 0 Å². The van der Waals surface area contributed by atoms with Crippen molar-refractivity contribution in [3.8, 4) is 0 Å². The van der Waals surface area contributed by atoms with Crippen LogP contribution in [0.4, 0.5) is 0 Å². The average molecular weight is 290 g/mol. The molecule has 0 aliphatic heterocycles. The Kier molecular flexibility index (Phi) is 4.65. The summed E-state index contributed by atoms with van der Waals surface area (Å²) in [6, 6.07) is 7.44. The van der Waals surface area contributed by atoms with E-state index in [0.29, 0.717) is 6.42 Å². The molecule has 2 N–H and O–H groups in total. The Morgan fingerprint density at radius 1 is 1.33 bits per heavy atom. The molecule has 0 saturated heterocycles. The molecule has 0 aliphatic carbocycles. The van der Waals surface area contributed by atoms with Crippen molar-refractivity contribution in [2.75, 3.05) is 7.11 Å². The first-order valence-electron chi connectivity index (χ1n) is 6.97. The fraction of sp³-hybridized carbons (Fsp3) is 0.438. The van der Waals surface area contributed by atoms with Gasteiger partial charge in [0.15, 0.2) is 0 Å². The number of para-hydroxylation sites is 1. The van der Waals surface area contributed by atoms with Gasteiger partial charge in [0.05, 0.1) is 12.7 Å². The van der Waals surface area contributed by atoms with Gasteiger partial charge in [-0.25, -0.2) is 0 Å². The van der Waals surface area contributed by atoms with Crippen LogP contribution in [0.2, 0.25) is 0 Å². The van der Waals surface area contributed by atoms with Crippen LogP contribution in [0.1, 0.15) is 26.3 Å². The van der Waals surface area contributed by atoms with Gasteiger partial charge >= 0.3 is 5.97 Å². The van der Waals surface area contributed by atoms with Gasteiger partial charge in [0.1, 0.15) is 6.04 Å². The lowest BCUT2D eigenvalue weighted by molar-refractivity contribution is -0.153. The van der Waals surface area contributed by atoms with Crippen molar-refractivity contribution in [2.45, 2.75) is 38.8 Å². The van der Waals surface area contributed by atoms with Gasteiger partial charge in [-0.3, -0.25) is 9.63 Å². The molecule has 5 heteroatoms. The molecule has 1 aromatic carbocycles. The highest BCUT2D eigenvalue weighted by atomic mass is 16.7. The molecule has 1 aromatic heterocycles. The number of aromatic nitrogens is 1. The van der Waals surface area contributed by atoms with Crippen molar-refractivity contribution in [2.24, 2.45) is 0 Å². The van der Waals surface area contributed by atoms with E-state index in [1.807, 2.05) is 51.2 Å². The first-order chi connectivity index (χ1) is 9.90. The molecule has 5 nitrogen and oxygen atoms in total. The number of aromatic amines is 1. The maximum Gasteiger partial charge on any atom is 0.325 e. The second-order valence-corrected chi connectivity index (χ2v) is 5.97. The normalized spacial score (nSPS) is 13.3. The number of benzene rings is 1. The summed E-state index contributed by atoms with van der Waals surface area (Å²) in [5.74, 6) is -0.343. The molecule has 0 unspecified atom stereocenters. The molecular weight excluding hydrogens is 268 g/mol. The number of hydrogen-bond donors (Lipinski definition) is 2. The molecule has 0 aliphatic rings. The van der Waals surface area contributed by atoms with E-state index < -0.39 is 6.04 Å². The van der Waals surface area contributed by atoms with Crippen LogP contribution >= 0.6 is 0 Å². The number of nitrogens with one attached hydrogen (secondary N) is 2. The Bertz CT molecular complexity index is 613. The summed E-state index contributed by atoms with van der Waals surface area (Å²) in [4.78, 5) is 20.6. The number of hydroxylamine groups is 1. The smallest absolute Gasteiger partial charge is 0.325 e. The summed E-state index contributed by atoms with van der Waals surface area (Å²) < 4.78 is 4.85. The van der Waals surface area contributed by atoms with Crippen molar-refractivity contribution in [3.63, 3.8) is 0 Å². The van der Waals surface area contributed by atoms with Gasteiger partial charge in [-0.05, 0) is 32.4 Å². The van der Waals surface area contributed by atoms with Crippen LogP contribution in [0.15, 0.2) is 30.5 Å². The summed E-state index contributed by atoms with van der Waals surface area (Å²) in [6.07, 6.45) is 2.41. The van der Waals surface area contributed by atoms with Gasteiger partial charge in [0, 0.05) is 23.5 Å². The fourth-order valence-electron chi connectivity index (χ4n) is 2.08. The van der Waals surface area contributed by atoms with Gasteiger partial charge in [0.25, 0.3) is 0 Å². The Balaban J connectivity index is 2.16. The van der Waals surface area contributed by atoms with E-state index in [2.05, 4.69) is 10.5 Å². The topological polar surface area (TPSA) is 63.4 Å². The van der Waals surface area contributed by atoms with Gasteiger partial charge in [-0.1, -0.05) is 18.2 Å². The first kappa shape index (κ1) is 15.5. The van der Waals surface area contributed by atoms with Crippen LogP contribution in [0.5, 0.6) is 0 Å². The van der Waals surface area contributed by atoms with Crippen molar-refractivity contribution < 1.29 is 14.4 Å². The Hall–Kier alpha value is -1.85. The molecule has 1 heterocycles. The zero-order valence-corrected chi connectivity index (χ0v) is 12.9.